The average molecular weight is 281 g/mol. The first-order chi connectivity index (χ1) is 8.72. The minimum Gasteiger partial charge on any atom is -0.469 e. The van der Waals surface area contributed by atoms with Crippen LogP contribution in [0.4, 0.5) is 0 Å². The fraction of sp³-hybridized carbons (Fsp3) is 0.154. The number of aromatic amines is 1. The van der Waals surface area contributed by atoms with Gasteiger partial charge < -0.3 is 9.40 Å². The average Bonchev–Trinajstić information content (AvgIpc) is 2.96. The Morgan fingerprint density at radius 2 is 2.00 bits per heavy atom. The Hall–Kier alpha value is -1.45. The van der Waals surface area contributed by atoms with Crippen molar-refractivity contribution >= 4 is 34.2 Å². The van der Waals surface area contributed by atoms with Crippen LogP contribution in [0.3, 0.4) is 0 Å². The maximum atomic E-state index is 5.96. The molecular weight excluding hydrogens is 271 g/mol. The number of aromatic nitrogens is 2. The molecule has 18 heavy (non-hydrogen) atoms. The zero-order valence-electron chi connectivity index (χ0n) is 9.41. The molecule has 0 aliphatic carbocycles. The Morgan fingerprint density at radius 1 is 1.17 bits per heavy atom. The molecule has 1 aromatic carbocycles. The summed E-state index contributed by atoms with van der Waals surface area (Å²) >= 11 is 11.9. The molecule has 92 valence electrons. The van der Waals surface area contributed by atoms with Gasteiger partial charge in [-0.15, -0.1) is 0 Å². The van der Waals surface area contributed by atoms with Crippen LogP contribution in [0.5, 0.6) is 0 Å². The predicted molar refractivity (Wildman–Crippen MR) is 72.2 cm³/mol. The highest BCUT2D eigenvalue weighted by Crippen LogP contribution is 2.26. The maximum absolute atomic E-state index is 5.96. The minimum atomic E-state index is 0.522. The van der Waals surface area contributed by atoms with E-state index in [9.17, 15) is 0 Å². The van der Waals surface area contributed by atoms with Gasteiger partial charge in [0.25, 0.3) is 0 Å². The van der Waals surface area contributed by atoms with Gasteiger partial charge in [0.1, 0.15) is 11.6 Å². The quantitative estimate of drug-likeness (QED) is 0.779. The molecule has 0 amide bonds. The summed E-state index contributed by atoms with van der Waals surface area (Å²) in [5, 5.41) is 1.05. The Bertz CT molecular complexity index is 635. The highest BCUT2D eigenvalue weighted by molar-refractivity contribution is 6.42. The highest BCUT2D eigenvalue weighted by Gasteiger charge is 2.07. The molecule has 5 heteroatoms. The summed E-state index contributed by atoms with van der Waals surface area (Å²) in [6.45, 7) is 0. The fourth-order valence-corrected chi connectivity index (χ4v) is 2.19. The molecule has 2 aromatic heterocycles. The molecule has 3 rings (SSSR count). The van der Waals surface area contributed by atoms with Crippen LogP contribution >= 0.6 is 23.2 Å². The second kappa shape index (κ2) is 4.67. The number of imidazole rings is 1. The van der Waals surface area contributed by atoms with Crippen molar-refractivity contribution in [2.75, 3.05) is 0 Å². The Labute approximate surface area is 114 Å². The third-order valence-electron chi connectivity index (χ3n) is 2.76. The molecule has 0 radical (unpaired) electrons. The predicted octanol–water partition coefficient (Wildman–Crippen LogP) is 4.25. The monoisotopic (exact) mass is 280 g/mol. The molecule has 0 aliphatic heterocycles. The van der Waals surface area contributed by atoms with Crippen molar-refractivity contribution in [2.24, 2.45) is 0 Å². The van der Waals surface area contributed by atoms with Crippen LogP contribution in [-0.4, -0.2) is 9.97 Å². The van der Waals surface area contributed by atoms with Crippen molar-refractivity contribution in [1.29, 1.82) is 0 Å². The molecule has 3 aromatic rings. The van der Waals surface area contributed by atoms with E-state index in [1.54, 1.807) is 18.4 Å². The molecule has 0 unspecified atom stereocenters. The Balaban J connectivity index is 1.85. The lowest BCUT2D eigenvalue weighted by atomic mass is 10.2. The molecule has 0 bridgehead atoms. The minimum absolute atomic E-state index is 0.522. The summed E-state index contributed by atoms with van der Waals surface area (Å²) in [5.74, 6) is 1.85. The van der Waals surface area contributed by atoms with Crippen LogP contribution in [0.2, 0.25) is 10.0 Å². The first-order valence-electron chi connectivity index (χ1n) is 5.58. The summed E-state index contributed by atoms with van der Waals surface area (Å²) in [6, 6.07) is 7.40. The normalized spacial score (nSPS) is 11.2. The van der Waals surface area contributed by atoms with Crippen molar-refractivity contribution < 1.29 is 4.42 Å². The first-order valence-corrected chi connectivity index (χ1v) is 6.34. The van der Waals surface area contributed by atoms with E-state index in [1.165, 1.54) is 0 Å². The smallest absolute Gasteiger partial charge is 0.107 e. The summed E-state index contributed by atoms with van der Waals surface area (Å²) in [5.41, 5.74) is 1.73. The molecule has 0 spiro atoms. The van der Waals surface area contributed by atoms with Crippen LogP contribution in [-0.2, 0) is 12.8 Å². The first kappa shape index (κ1) is 11.6. The standard InChI is InChI=1S/C13H10Cl2N2O/c14-9-6-11-12(7-10(9)15)17-13(16-11)4-3-8-2-1-5-18-8/h1-2,5-7H,3-4H2,(H,16,17). The third kappa shape index (κ3) is 2.24. The lowest BCUT2D eigenvalue weighted by Crippen LogP contribution is -1.91. The number of hydrogen-bond donors (Lipinski definition) is 1. The van der Waals surface area contributed by atoms with Gasteiger partial charge >= 0.3 is 0 Å². The van der Waals surface area contributed by atoms with E-state index in [2.05, 4.69) is 9.97 Å². The van der Waals surface area contributed by atoms with Crippen molar-refractivity contribution in [3.05, 3.63) is 52.2 Å². The Morgan fingerprint density at radius 3 is 2.78 bits per heavy atom. The molecule has 0 fully saturated rings. The van der Waals surface area contributed by atoms with Gasteiger partial charge in [-0.25, -0.2) is 4.98 Å². The number of furan rings is 1. The SMILES string of the molecule is Clc1cc2nc(CCc3ccco3)[nH]c2cc1Cl. The molecule has 3 nitrogen and oxygen atoms in total. The number of hydrogen-bond acceptors (Lipinski definition) is 2. The number of aryl methyl sites for hydroxylation is 2. The zero-order chi connectivity index (χ0) is 12.5. The number of benzene rings is 1. The van der Waals surface area contributed by atoms with Crippen LogP contribution < -0.4 is 0 Å². The van der Waals surface area contributed by atoms with E-state index in [-0.39, 0.29) is 0 Å². The molecule has 0 saturated heterocycles. The zero-order valence-corrected chi connectivity index (χ0v) is 10.9. The summed E-state index contributed by atoms with van der Waals surface area (Å²) in [4.78, 5) is 7.70. The second-order valence-corrected chi connectivity index (χ2v) is 4.86. The van der Waals surface area contributed by atoms with Crippen molar-refractivity contribution in [1.82, 2.24) is 9.97 Å². The highest BCUT2D eigenvalue weighted by atomic mass is 35.5. The summed E-state index contributed by atoms with van der Waals surface area (Å²) < 4.78 is 5.28. The van der Waals surface area contributed by atoms with Crippen LogP contribution in [0.25, 0.3) is 11.0 Å². The van der Waals surface area contributed by atoms with E-state index < -0.39 is 0 Å². The molecule has 0 saturated carbocycles. The lowest BCUT2D eigenvalue weighted by molar-refractivity contribution is 0.507. The summed E-state index contributed by atoms with van der Waals surface area (Å²) in [7, 11) is 0. The van der Waals surface area contributed by atoms with Gasteiger partial charge in [0.05, 0.1) is 27.3 Å². The van der Waals surface area contributed by atoms with Crippen molar-refractivity contribution in [3.8, 4) is 0 Å². The lowest BCUT2D eigenvalue weighted by Gasteiger charge is -1.93. The molecule has 2 heterocycles. The molecular formula is C13H10Cl2N2O. The number of nitrogens with zero attached hydrogens (tertiary/aromatic N) is 1. The fourth-order valence-electron chi connectivity index (χ4n) is 1.87. The molecule has 0 atom stereocenters. The number of rotatable bonds is 3. The number of fused-ring (bicyclic) bond motifs is 1. The second-order valence-electron chi connectivity index (χ2n) is 4.05. The molecule has 0 aliphatic rings. The summed E-state index contributed by atoms with van der Waals surface area (Å²) in [6.07, 6.45) is 3.28. The van der Waals surface area contributed by atoms with Gasteiger partial charge in [-0.05, 0) is 24.3 Å². The number of halogens is 2. The van der Waals surface area contributed by atoms with E-state index in [0.717, 1.165) is 35.5 Å². The van der Waals surface area contributed by atoms with Crippen LogP contribution in [0, 0.1) is 0 Å². The van der Waals surface area contributed by atoms with Gasteiger partial charge in [0.15, 0.2) is 0 Å². The van der Waals surface area contributed by atoms with Crippen LogP contribution in [0.15, 0.2) is 34.9 Å². The van der Waals surface area contributed by atoms with Gasteiger partial charge in [-0.3, -0.25) is 0 Å². The van der Waals surface area contributed by atoms with Gasteiger partial charge in [0.2, 0.25) is 0 Å². The van der Waals surface area contributed by atoms with E-state index in [4.69, 9.17) is 27.6 Å². The van der Waals surface area contributed by atoms with E-state index in [1.807, 2.05) is 12.1 Å². The van der Waals surface area contributed by atoms with E-state index >= 15 is 0 Å². The van der Waals surface area contributed by atoms with Crippen LogP contribution in [0.1, 0.15) is 11.6 Å². The van der Waals surface area contributed by atoms with Gasteiger partial charge in [0, 0.05) is 12.8 Å². The third-order valence-corrected chi connectivity index (χ3v) is 3.48. The topological polar surface area (TPSA) is 41.8 Å². The Kier molecular flexibility index (Phi) is 3.02. The number of H-pyrrole nitrogens is 1. The maximum Gasteiger partial charge on any atom is 0.107 e. The van der Waals surface area contributed by atoms with E-state index in [0.29, 0.717) is 10.0 Å². The van der Waals surface area contributed by atoms with Gasteiger partial charge in [-0.1, -0.05) is 23.2 Å². The largest absolute Gasteiger partial charge is 0.469 e. The van der Waals surface area contributed by atoms with Crippen molar-refractivity contribution in [3.63, 3.8) is 0 Å². The molecule has 1 N–H and O–H groups in total. The van der Waals surface area contributed by atoms with Crippen molar-refractivity contribution in [2.45, 2.75) is 12.8 Å². The number of nitrogens with one attached hydrogen (secondary N) is 1. The van der Waals surface area contributed by atoms with Gasteiger partial charge in [-0.2, -0.15) is 0 Å².